The molecule has 0 spiro atoms. The first-order chi connectivity index (χ1) is 11.5. The van der Waals surface area contributed by atoms with Gasteiger partial charge in [-0.3, -0.25) is 14.3 Å². The molecule has 0 fully saturated rings. The number of aromatic amines is 1. The van der Waals surface area contributed by atoms with Gasteiger partial charge in [0.15, 0.2) is 0 Å². The van der Waals surface area contributed by atoms with Crippen LogP contribution in [-0.2, 0) is 6.54 Å². The highest BCUT2D eigenvalue weighted by Crippen LogP contribution is 2.14. The van der Waals surface area contributed by atoms with E-state index in [1.165, 1.54) is 12.1 Å². The molecule has 1 amide bonds. The molecule has 0 radical (unpaired) electrons. The molecule has 7 heteroatoms. The average molecular weight is 323 g/mol. The fourth-order valence-corrected chi connectivity index (χ4v) is 2.42. The van der Waals surface area contributed by atoms with Crippen LogP contribution < -0.4 is 10.9 Å². The number of H-pyrrole nitrogens is 1. The molecular formula is C17H17N5O2. The standard InChI is InChI=1S/C17H17N5O2/c1-11-8-12(2)22(21-11)10-13-4-3-5-14(9-13)18-17(24)15-6-7-16(23)20-19-15/h3-9H,10H2,1-2H3,(H,18,24)(H,20,23). The molecule has 0 aliphatic carbocycles. The van der Waals surface area contributed by atoms with Gasteiger partial charge in [-0.15, -0.1) is 0 Å². The Morgan fingerprint density at radius 3 is 2.71 bits per heavy atom. The maximum absolute atomic E-state index is 12.1. The molecule has 0 saturated heterocycles. The number of anilines is 1. The van der Waals surface area contributed by atoms with Gasteiger partial charge in [0.25, 0.3) is 11.5 Å². The van der Waals surface area contributed by atoms with Crippen molar-refractivity contribution in [1.29, 1.82) is 0 Å². The molecule has 2 aromatic heterocycles. The Labute approximate surface area is 138 Å². The van der Waals surface area contributed by atoms with Crippen LogP contribution in [0, 0.1) is 13.8 Å². The molecule has 2 N–H and O–H groups in total. The van der Waals surface area contributed by atoms with Crippen molar-refractivity contribution in [2.45, 2.75) is 20.4 Å². The lowest BCUT2D eigenvalue weighted by Crippen LogP contribution is -2.17. The molecule has 0 unspecified atom stereocenters. The molecule has 0 atom stereocenters. The van der Waals surface area contributed by atoms with E-state index in [1.807, 2.05) is 42.8 Å². The highest BCUT2D eigenvalue weighted by Gasteiger charge is 2.09. The van der Waals surface area contributed by atoms with E-state index in [-0.39, 0.29) is 17.2 Å². The largest absolute Gasteiger partial charge is 0.321 e. The Kier molecular flexibility index (Phi) is 4.24. The number of aromatic nitrogens is 4. The first-order valence-corrected chi connectivity index (χ1v) is 7.48. The Hall–Kier alpha value is -3.22. The molecule has 0 aliphatic rings. The first-order valence-electron chi connectivity index (χ1n) is 7.48. The Morgan fingerprint density at radius 2 is 2.04 bits per heavy atom. The number of carbonyl (C=O) groups excluding carboxylic acids is 1. The van der Waals surface area contributed by atoms with Gasteiger partial charge < -0.3 is 5.32 Å². The van der Waals surface area contributed by atoms with E-state index in [0.717, 1.165) is 17.0 Å². The van der Waals surface area contributed by atoms with E-state index in [9.17, 15) is 9.59 Å². The summed E-state index contributed by atoms with van der Waals surface area (Å²) in [6.07, 6.45) is 0. The second-order valence-electron chi connectivity index (χ2n) is 5.55. The van der Waals surface area contributed by atoms with Gasteiger partial charge in [-0.05, 0) is 43.7 Å². The van der Waals surface area contributed by atoms with Crippen LogP contribution >= 0.6 is 0 Å². The molecule has 3 rings (SSSR count). The summed E-state index contributed by atoms with van der Waals surface area (Å²) in [5, 5.41) is 13.2. The molecule has 7 nitrogen and oxygen atoms in total. The van der Waals surface area contributed by atoms with E-state index in [4.69, 9.17) is 0 Å². The Balaban J connectivity index is 1.75. The molecule has 2 heterocycles. The third-order valence-electron chi connectivity index (χ3n) is 3.53. The predicted octanol–water partition coefficient (Wildman–Crippen LogP) is 1.88. The lowest BCUT2D eigenvalue weighted by Gasteiger charge is -2.08. The van der Waals surface area contributed by atoms with Gasteiger partial charge in [0, 0.05) is 17.4 Å². The van der Waals surface area contributed by atoms with E-state index < -0.39 is 0 Å². The minimum Gasteiger partial charge on any atom is -0.321 e. The molecule has 1 aromatic carbocycles. The number of nitrogens with one attached hydrogen (secondary N) is 2. The summed E-state index contributed by atoms with van der Waals surface area (Å²) in [5.74, 6) is -0.380. The molecule has 0 saturated carbocycles. The van der Waals surface area contributed by atoms with Gasteiger partial charge in [-0.2, -0.15) is 10.2 Å². The molecule has 0 bridgehead atoms. The quantitative estimate of drug-likeness (QED) is 0.767. The van der Waals surface area contributed by atoms with Crippen LogP contribution in [0.1, 0.15) is 27.4 Å². The number of rotatable bonds is 4. The highest BCUT2D eigenvalue weighted by molar-refractivity contribution is 6.02. The summed E-state index contributed by atoms with van der Waals surface area (Å²) < 4.78 is 1.92. The van der Waals surface area contributed by atoms with Crippen molar-refractivity contribution in [3.05, 3.63) is 75.5 Å². The van der Waals surface area contributed by atoms with Crippen LogP contribution in [0.5, 0.6) is 0 Å². The third kappa shape index (κ3) is 3.57. The number of hydrogen-bond acceptors (Lipinski definition) is 4. The van der Waals surface area contributed by atoms with Crippen LogP contribution in [0.3, 0.4) is 0 Å². The van der Waals surface area contributed by atoms with E-state index in [0.29, 0.717) is 12.2 Å². The van der Waals surface area contributed by atoms with Crippen LogP contribution in [-0.4, -0.2) is 25.9 Å². The fraction of sp³-hybridized carbons (Fsp3) is 0.176. The van der Waals surface area contributed by atoms with Crippen molar-refractivity contribution in [1.82, 2.24) is 20.0 Å². The van der Waals surface area contributed by atoms with Gasteiger partial charge in [-0.25, -0.2) is 5.10 Å². The number of amides is 1. The maximum Gasteiger partial charge on any atom is 0.276 e. The maximum atomic E-state index is 12.1. The monoisotopic (exact) mass is 323 g/mol. The number of aryl methyl sites for hydroxylation is 2. The minimum atomic E-state index is -0.380. The molecule has 122 valence electrons. The van der Waals surface area contributed by atoms with Gasteiger partial charge in [0.05, 0.1) is 12.2 Å². The van der Waals surface area contributed by atoms with E-state index in [1.54, 1.807) is 6.07 Å². The summed E-state index contributed by atoms with van der Waals surface area (Å²) in [5.41, 5.74) is 3.54. The number of hydrogen-bond donors (Lipinski definition) is 2. The van der Waals surface area contributed by atoms with Crippen molar-refractivity contribution in [2.75, 3.05) is 5.32 Å². The van der Waals surface area contributed by atoms with E-state index in [2.05, 4.69) is 20.6 Å². The predicted molar refractivity (Wildman–Crippen MR) is 90.1 cm³/mol. The first kappa shape index (κ1) is 15.7. The van der Waals surface area contributed by atoms with Crippen molar-refractivity contribution in [2.24, 2.45) is 0 Å². The third-order valence-corrected chi connectivity index (χ3v) is 3.53. The number of benzene rings is 1. The Morgan fingerprint density at radius 1 is 1.21 bits per heavy atom. The molecular weight excluding hydrogens is 306 g/mol. The van der Waals surface area contributed by atoms with Gasteiger partial charge in [-0.1, -0.05) is 12.1 Å². The van der Waals surface area contributed by atoms with Crippen LogP contribution in [0.2, 0.25) is 0 Å². The molecule has 0 aliphatic heterocycles. The summed E-state index contributed by atoms with van der Waals surface area (Å²) in [6.45, 7) is 4.59. The Bertz CT molecular complexity index is 922. The van der Waals surface area contributed by atoms with Gasteiger partial charge in [0.2, 0.25) is 0 Å². The van der Waals surface area contributed by atoms with Crippen molar-refractivity contribution < 1.29 is 4.79 Å². The zero-order chi connectivity index (χ0) is 17.1. The topological polar surface area (TPSA) is 92.7 Å². The zero-order valence-corrected chi connectivity index (χ0v) is 13.4. The van der Waals surface area contributed by atoms with Crippen LogP contribution in [0.15, 0.2) is 47.3 Å². The summed E-state index contributed by atoms with van der Waals surface area (Å²) in [6, 6.07) is 12.2. The highest BCUT2D eigenvalue weighted by atomic mass is 16.2. The van der Waals surface area contributed by atoms with E-state index >= 15 is 0 Å². The van der Waals surface area contributed by atoms with Gasteiger partial charge in [0.1, 0.15) is 5.69 Å². The van der Waals surface area contributed by atoms with Crippen LogP contribution in [0.25, 0.3) is 0 Å². The molecule has 3 aromatic rings. The summed E-state index contributed by atoms with van der Waals surface area (Å²) in [7, 11) is 0. The normalized spacial score (nSPS) is 10.6. The SMILES string of the molecule is Cc1cc(C)n(Cc2cccc(NC(=O)c3ccc(=O)[nH]n3)c2)n1. The number of nitrogens with zero attached hydrogens (tertiary/aromatic N) is 3. The lowest BCUT2D eigenvalue weighted by atomic mass is 10.2. The lowest BCUT2D eigenvalue weighted by molar-refractivity contribution is 0.102. The van der Waals surface area contributed by atoms with Crippen molar-refractivity contribution >= 4 is 11.6 Å². The van der Waals surface area contributed by atoms with Crippen molar-refractivity contribution in [3.63, 3.8) is 0 Å². The van der Waals surface area contributed by atoms with Crippen molar-refractivity contribution in [3.8, 4) is 0 Å². The minimum absolute atomic E-state index is 0.151. The average Bonchev–Trinajstić information content (AvgIpc) is 2.86. The van der Waals surface area contributed by atoms with Gasteiger partial charge >= 0.3 is 0 Å². The summed E-state index contributed by atoms with van der Waals surface area (Å²) >= 11 is 0. The summed E-state index contributed by atoms with van der Waals surface area (Å²) in [4.78, 5) is 23.1. The molecule has 24 heavy (non-hydrogen) atoms. The second kappa shape index (κ2) is 6.49. The number of carbonyl (C=O) groups is 1. The smallest absolute Gasteiger partial charge is 0.276 e. The zero-order valence-electron chi connectivity index (χ0n) is 13.4. The second-order valence-corrected chi connectivity index (χ2v) is 5.55. The fourth-order valence-electron chi connectivity index (χ4n) is 2.42. The van der Waals surface area contributed by atoms with Crippen LogP contribution in [0.4, 0.5) is 5.69 Å².